The summed E-state index contributed by atoms with van der Waals surface area (Å²) in [5.74, 6) is -1.82. The van der Waals surface area contributed by atoms with Crippen LogP contribution in [0, 0.1) is 0 Å². The number of unbranched alkanes of at least 4 members (excludes halogenated alkanes) is 2. The maximum Gasteiger partial charge on any atom is 0.379 e. The molecule has 1 aromatic rings. The highest BCUT2D eigenvalue weighted by molar-refractivity contribution is 6.40. The first-order valence-electron chi connectivity index (χ1n) is 8.15. The first-order valence-corrected chi connectivity index (χ1v) is 8.15. The molecule has 6 heteroatoms. The second-order valence-corrected chi connectivity index (χ2v) is 5.12. The van der Waals surface area contributed by atoms with Gasteiger partial charge < -0.3 is 14.2 Å². The lowest BCUT2D eigenvalue weighted by Gasteiger charge is -2.07. The van der Waals surface area contributed by atoms with Crippen LogP contribution in [0.3, 0.4) is 0 Å². The van der Waals surface area contributed by atoms with Crippen LogP contribution in [-0.2, 0) is 23.8 Å². The number of carbonyl (C=O) groups excluding carboxylic acids is 3. The van der Waals surface area contributed by atoms with E-state index >= 15 is 0 Å². The quantitative estimate of drug-likeness (QED) is 0.253. The summed E-state index contributed by atoms with van der Waals surface area (Å²) in [6.07, 6.45) is 3.33. The number of rotatable bonds is 12. The summed E-state index contributed by atoms with van der Waals surface area (Å²) >= 11 is 0. The summed E-state index contributed by atoms with van der Waals surface area (Å²) in [5.41, 5.74) is 0.290. The maximum absolute atomic E-state index is 11.7. The summed E-state index contributed by atoms with van der Waals surface area (Å²) < 4.78 is 15.0. The Labute approximate surface area is 142 Å². The van der Waals surface area contributed by atoms with Crippen LogP contribution in [0.5, 0.6) is 0 Å². The van der Waals surface area contributed by atoms with Gasteiger partial charge in [-0.25, -0.2) is 4.79 Å². The van der Waals surface area contributed by atoms with Gasteiger partial charge in [0.25, 0.3) is 5.78 Å². The van der Waals surface area contributed by atoms with Crippen molar-refractivity contribution < 1.29 is 28.6 Å². The number of ether oxygens (including phenoxy) is 3. The smallest absolute Gasteiger partial charge is 0.379 e. The summed E-state index contributed by atoms with van der Waals surface area (Å²) in [6.45, 7) is 2.58. The zero-order valence-corrected chi connectivity index (χ0v) is 14.0. The molecular formula is C18H24O6. The summed E-state index contributed by atoms with van der Waals surface area (Å²) in [5, 5.41) is 0. The Morgan fingerprint density at radius 3 is 2.21 bits per heavy atom. The Kier molecular flexibility index (Phi) is 10.1. The van der Waals surface area contributed by atoms with E-state index in [-0.39, 0.29) is 32.4 Å². The fourth-order valence-electron chi connectivity index (χ4n) is 1.87. The van der Waals surface area contributed by atoms with Crippen LogP contribution >= 0.6 is 0 Å². The molecule has 0 fully saturated rings. The molecule has 1 aromatic carbocycles. The van der Waals surface area contributed by atoms with Gasteiger partial charge in [-0.1, -0.05) is 50.1 Å². The summed E-state index contributed by atoms with van der Waals surface area (Å²) in [6, 6.07) is 8.21. The molecule has 0 aliphatic carbocycles. The number of benzene rings is 1. The molecule has 0 N–H and O–H groups in total. The third kappa shape index (κ3) is 8.43. The SMILES string of the molecule is CCCCCC(=O)OCCOCCOC(=O)C(=O)c1ccccc1. The Hall–Kier alpha value is -2.21. The second-order valence-electron chi connectivity index (χ2n) is 5.12. The number of carbonyl (C=O) groups is 3. The summed E-state index contributed by atoms with van der Waals surface area (Å²) in [7, 11) is 0. The molecule has 0 radical (unpaired) electrons. The molecule has 6 nitrogen and oxygen atoms in total. The maximum atomic E-state index is 11.7. The van der Waals surface area contributed by atoms with Crippen molar-refractivity contribution in [3.63, 3.8) is 0 Å². The first kappa shape index (κ1) is 19.8. The van der Waals surface area contributed by atoms with Gasteiger partial charge in [0.1, 0.15) is 13.2 Å². The van der Waals surface area contributed by atoms with E-state index in [2.05, 4.69) is 6.92 Å². The minimum absolute atomic E-state index is 0.0259. The monoisotopic (exact) mass is 336 g/mol. The largest absolute Gasteiger partial charge is 0.463 e. The van der Waals surface area contributed by atoms with Crippen molar-refractivity contribution in [2.24, 2.45) is 0 Å². The fourth-order valence-corrected chi connectivity index (χ4v) is 1.87. The average Bonchev–Trinajstić information content (AvgIpc) is 2.61. The van der Waals surface area contributed by atoms with Crippen LogP contribution in [-0.4, -0.2) is 44.1 Å². The van der Waals surface area contributed by atoms with Gasteiger partial charge in [0, 0.05) is 12.0 Å². The van der Waals surface area contributed by atoms with Crippen molar-refractivity contribution in [3.05, 3.63) is 35.9 Å². The van der Waals surface area contributed by atoms with E-state index in [0.29, 0.717) is 12.0 Å². The molecule has 0 aromatic heterocycles. The highest BCUT2D eigenvalue weighted by Gasteiger charge is 2.17. The van der Waals surface area contributed by atoms with E-state index < -0.39 is 11.8 Å². The predicted molar refractivity (Wildman–Crippen MR) is 87.7 cm³/mol. The lowest BCUT2D eigenvalue weighted by atomic mass is 10.1. The molecule has 0 aliphatic heterocycles. The Bertz CT molecular complexity index is 512. The van der Waals surface area contributed by atoms with E-state index in [1.54, 1.807) is 30.3 Å². The molecule has 1 rings (SSSR count). The highest BCUT2D eigenvalue weighted by atomic mass is 16.6. The average molecular weight is 336 g/mol. The van der Waals surface area contributed by atoms with Gasteiger partial charge in [-0.2, -0.15) is 0 Å². The molecular weight excluding hydrogens is 312 g/mol. The normalized spacial score (nSPS) is 10.2. The number of esters is 2. The predicted octanol–water partition coefficient (Wildman–Crippen LogP) is 2.55. The molecule has 0 bridgehead atoms. The van der Waals surface area contributed by atoms with Gasteiger partial charge in [-0.05, 0) is 6.42 Å². The molecule has 0 unspecified atom stereocenters. The van der Waals surface area contributed by atoms with Crippen molar-refractivity contribution in [2.75, 3.05) is 26.4 Å². The lowest BCUT2D eigenvalue weighted by molar-refractivity contribution is -0.145. The lowest BCUT2D eigenvalue weighted by Crippen LogP contribution is -2.20. The van der Waals surface area contributed by atoms with Crippen molar-refractivity contribution in [1.29, 1.82) is 0 Å². The second kappa shape index (κ2) is 12.2. The van der Waals surface area contributed by atoms with Crippen LogP contribution in [0.15, 0.2) is 30.3 Å². The number of hydrogen-bond donors (Lipinski definition) is 0. The number of Topliss-reactive ketones (excluding diaryl/α,β-unsaturated/α-hetero) is 1. The van der Waals surface area contributed by atoms with E-state index in [1.807, 2.05) is 0 Å². The van der Waals surface area contributed by atoms with Gasteiger partial charge in [0.15, 0.2) is 0 Å². The number of hydrogen-bond acceptors (Lipinski definition) is 6. The third-order valence-electron chi connectivity index (χ3n) is 3.16. The standard InChI is InChI=1S/C18H24O6/c1-2-3-5-10-16(19)23-13-11-22-12-14-24-18(21)17(20)15-8-6-4-7-9-15/h4,6-9H,2-3,5,10-14H2,1H3. The van der Waals surface area contributed by atoms with Crippen LogP contribution < -0.4 is 0 Å². The molecule has 132 valence electrons. The Balaban J connectivity index is 2.03. The third-order valence-corrected chi connectivity index (χ3v) is 3.16. The van der Waals surface area contributed by atoms with Gasteiger partial charge in [0.2, 0.25) is 0 Å². The Morgan fingerprint density at radius 1 is 0.875 bits per heavy atom. The van der Waals surface area contributed by atoms with E-state index in [1.165, 1.54) is 0 Å². The highest BCUT2D eigenvalue weighted by Crippen LogP contribution is 2.02. The van der Waals surface area contributed by atoms with Crippen LogP contribution in [0.1, 0.15) is 43.0 Å². The molecule has 0 spiro atoms. The van der Waals surface area contributed by atoms with Gasteiger partial charge in [-0.15, -0.1) is 0 Å². The van der Waals surface area contributed by atoms with Crippen molar-refractivity contribution in [3.8, 4) is 0 Å². The molecule has 24 heavy (non-hydrogen) atoms. The topological polar surface area (TPSA) is 78.9 Å². The van der Waals surface area contributed by atoms with Crippen LogP contribution in [0.25, 0.3) is 0 Å². The van der Waals surface area contributed by atoms with Crippen LogP contribution in [0.4, 0.5) is 0 Å². The zero-order valence-electron chi connectivity index (χ0n) is 14.0. The molecule has 0 aliphatic rings. The number of ketones is 1. The van der Waals surface area contributed by atoms with Crippen molar-refractivity contribution >= 4 is 17.7 Å². The van der Waals surface area contributed by atoms with E-state index in [0.717, 1.165) is 19.3 Å². The van der Waals surface area contributed by atoms with Gasteiger partial charge >= 0.3 is 11.9 Å². The van der Waals surface area contributed by atoms with E-state index in [4.69, 9.17) is 14.2 Å². The van der Waals surface area contributed by atoms with Crippen molar-refractivity contribution in [2.45, 2.75) is 32.6 Å². The van der Waals surface area contributed by atoms with Crippen LogP contribution in [0.2, 0.25) is 0 Å². The zero-order chi connectivity index (χ0) is 17.6. The molecule has 0 amide bonds. The fraction of sp³-hybridized carbons (Fsp3) is 0.500. The summed E-state index contributed by atoms with van der Waals surface area (Å²) in [4.78, 5) is 34.6. The van der Waals surface area contributed by atoms with Crippen molar-refractivity contribution in [1.82, 2.24) is 0 Å². The molecule has 0 saturated heterocycles. The first-order chi connectivity index (χ1) is 11.6. The Morgan fingerprint density at radius 2 is 1.54 bits per heavy atom. The van der Waals surface area contributed by atoms with Gasteiger partial charge in [-0.3, -0.25) is 9.59 Å². The minimum atomic E-state index is -0.910. The molecule has 0 saturated carbocycles. The van der Waals surface area contributed by atoms with E-state index in [9.17, 15) is 14.4 Å². The molecule has 0 heterocycles. The molecule has 0 atom stereocenters. The van der Waals surface area contributed by atoms with Gasteiger partial charge in [0.05, 0.1) is 13.2 Å². The minimum Gasteiger partial charge on any atom is -0.463 e.